The summed E-state index contributed by atoms with van der Waals surface area (Å²) in [5, 5.41) is 2.74. The fourth-order valence-electron chi connectivity index (χ4n) is 2.57. The fourth-order valence-corrected chi connectivity index (χ4v) is 2.57. The normalized spacial score (nSPS) is 16.9. The molecule has 0 unspecified atom stereocenters. The number of carbonyl (C=O) groups is 1. The number of hydrogen-bond donors (Lipinski definition) is 1. The van der Waals surface area contributed by atoms with Gasteiger partial charge >= 0.3 is 6.18 Å². The minimum atomic E-state index is -4.42. The molecule has 1 aromatic rings. The molecule has 2 rings (SSSR count). The van der Waals surface area contributed by atoms with E-state index in [1.807, 2.05) is 0 Å². The van der Waals surface area contributed by atoms with Crippen molar-refractivity contribution in [3.63, 3.8) is 0 Å². The van der Waals surface area contributed by atoms with E-state index in [-0.39, 0.29) is 5.56 Å². The maximum Gasteiger partial charge on any atom is 0.416 e. The zero-order valence-corrected chi connectivity index (χ0v) is 11.2. The second-order valence-corrected chi connectivity index (χ2v) is 5.29. The molecule has 2 nitrogen and oxygen atoms in total. The summed E-state index contributed by atoms with van der Waals surface area (Å²) in [6.45, 7) is 0.551. The Hall–Kier alpha value is -1.52. The number of hydrogen-bond acceptors (Lipinski definition) is 1. The van der Waals surface area contributed by atoms with Gasteiger partial charge in [0.05, 0.1) is 5.56 Å². The Morgan fingerprint density at radius 2 is 1.90 bits per heavy atom. The van der Waals surface area contributed by atoms with Gasteiger partial charge in [-0.2, -0.15) is 13.2 Å². The number of rotatable bonds is 3. The Kier molecular flexibility index (Phi) is 4.68. The Balaban J connectivity index is 1.95. The highest BCUT2D eigenvalue weighted by Crippen LogP contribution is 2.29. The molecule has 0 radical (unpaired) electrons. The first-order chi connectivity index (χ1) is 9.47. The third-order valence-corrected chi connectivity index (χ3v) is 3.73. The molecule has 20 heavy (non-hydrogen) atoms. The molecule has 1 aliphatic carbocycles. The smallest absolute Gasteiger partial charge is 0.352 e. The van der Waals surface area contributed by atoms with Crippen molar-refractivity contribution in [2.45, 2.75) is 38.3 Å². The summed E-state index contributed by atoms with van der Waals surface area (Å²) in [5.74, 6) is 0.0279. The molecule has 1 saturated carbocycles. The van der Waals surface area contributed by atoms with Gasteiger partial charge in [0, 0.05) is 12.1 Å². The van der Waals surface area contributed by atoms with Crippen LogP contribution < -0.4 is 5.32 Å². The van der Waals surface area contributed by atoms with Crippen molar-refractivity contribution in [2.24, 2.45) is 5.92 Å². The Morgan fingerprint density at radius 3 is 2.55 bits per heavy atom. The molecular weight excluding hydrogens is 267 g/mol. The van der Waals surface area contributed by atoms with Gasteiger partial charge in [-0.15, -0.1) is 0 Å². The van der Waals surface area contributed by atoms with Gasteiger partial charge in [-0.05, 0) is 37.0 Å². The molecule has 0 spiro atoms. The molecule has 1 N–H and O–H groups in total. The number of halogens is 3. The maximum absolute atomic E-state index is 12.6. The number of carbonyl (C=O) groups excluding carboxylic acids is 1. The number of nitrogens with one attached hydrogen (secondary N) is 1. The summed E-state index contributed by atoms with van der Waals surface area (Å²) < 4.78 is 37.7. The molecule has 0 aromatic heterocycles. The van der Waals surface area contributed by atoms with E-state index in [0.717, 1.165) is 25.0 Å². The minimum absolute atomic E-state index is 0.0654. The van der Waals surface area contributed by atoms with Gasteiger partial charge in [-0.25, -0.2) is 0 Å². The highest BCUT2D eigenvalue weighted by molar-refractivity contribution is 5.94. The van der Waals surface area contributed by atoms with Gasteiger partial charge in [0.15, 0.2) is 0 Å². The average Bonchev–Trinajstić information content (AvgIpc) is 2.45. The van der Waals surface area contributed by atoms with E-state index in [0.29, 0.717) is 12.5 Å². The van der Waals surface area contributed by atoms with Crippen molar-refractivity contribution < 1.29 is 18.0 Å². The average molecular weight is 285 g/mol. The third-order valence-electron chi connectivity index (χ3n) is 3.73. The van der Waals surface area contributed by atoms with E-state index in [9.17, 15) is 18.0 Å². The zero-order chi connectivity index (χ0) is 14.6. The topological polar surface area (TPSA) is 29.1 Å². The standard InChI is InChI=1S/C15H18F3NO/c16-15(17,18)13-8-4-7-12(9-13)14(20)19-10-11-5-2-1-3-6-11/h4,7-9,11H,1-3,5-6,10H2,(H,19,20). The van der Waals surface area contributed by atoms with Gasteiger partial charge in [0.1, 0.15) is 0 Å². The van der Waals surface area contributed by atoms with Crippen LogP contribution in [0.25, 0.3) is 0 Å². The fraction of sp³-hybridized carbons (Fsp3) is 0.533. The molecule has 1 amide bonds. The zero-order valence-electron chi connectivity index (χ0n) is 11.2. The molecule has 0 bridgehead atoms. The first-order valence-corrected chi connectivity index (χ1v) is 6.92. The lowest BCUT2D eigenvalue weighted by molar-refractivity contribution is -0.137. The molecule has 110 valence electrons. The van der Waals surface area contributed by atoms with E-state index in [1.54, 1.807) is 0 Å². The highest BCUT2D eigenvalue weighted by atomic mass is 19.4. The molecular formula is C15H18F3NO. The van der Waals surface area contributed by atoms with Crippen LogP contribution in [0.3, 0.4) is 0 Å². The summed E-state index contributed by atoms with van der Waals surface area (Å²) >= 11 is 0. The van der Waals surface area contributed by atoms with E-state index in [2.05, 4.69) is 5.32 Å². The second-order valence-electron chi connectivity index (χ2n) is 5.29. The van der Waals surface area contributed by atoms with Crippen molar-refractivity contribution >= 4 is 5.91 Å². The lowest BCUT2D eigenvalue weighted by Gasteiger charge is -2.21. The van der Waals surface area contributed by atoms with Crippen LogP contribution in [-0.2, 0) is 6.18 Å². The van der Waals surface area contributed by atoms with Gasteiger partial charge in [-0.1, -0.05) is 25.3 Å². The van der Waals surface area contributed by atoms with Crippen LogP contribution in [0.15, 0.2) is 24.3 Å². The van der Waals surface area contributed by atoms with E-state index < -0.39 is 17.6 Å². The number of benzene rings is 1. The van der Waals surface area contributed by atoms with Gasteiger partial charge in [-0.3, -0.25) is 4.79 Å². The molecule has 1 aliphatic rings. The van der Waals surface area contributed by atoms with Crippen LogP contribution in [0.1, 0.15) is 48.0 Å². The quantitative estimate of drug-likeness (QED) is 0.893. The predicted molar refractivity (Wildman–Crippen MR) is 70.4 cm³/mol. The molecule has 5 heteroatoms. The summed E-state index contributed by atoms with van der Waals surface area (Å²) in [6.07, 6.45) is 1.33. The molecule has 0 aliphatic heterocycles. The van der Waals surface area contributed by atoms with Crippen molar-refractivity contribution in [3.05, 3.63) is 35.4 Å². The first-order valence-electron chi connectivity index (χ1n) is 6.92. The number of amides is 1. The molecule has 1 aromatic carbocycles. The van der Waals surface area contributed by atoms with Crippen molar-refractivity contribution in [2.75, 3.05) is 6.54 Å². The lowest BCUT2D eigenvalue weighted by atomic mass is 9.89. The third kappa shape index (κ3) is 3.99. The Labute approximate surface area is 116 Å². The van der Waals surface area contributed by atoms with Crippen molar-refractivity contribution in [1.29, 1.82) is 0 Å². The SMILES string of the molecule is O=C(NCC1CCCCC1)c1cccc(C(F)(F)F)c1. The van der Waals surface area contributed by atoms with Crippen LogP contribution in [0, 0.1) is 5.92 Å². The highest BCUT2D eigenvalue weighted by Gasteiger charge is 2.30. The van der Waals surface area contributed by atoms with E-state index in [4.69, 9.17) is 0 Å². The second kappa shape index (κ2) is 6.29. The maximum atomic E-state index is 12.6. The summed E-state index contributed by atoms with van der Waals surface area (Å²) in [4.78, 5) is 11.9. The minimum Gasteiger partial charge on any atom is -0.352 e. The van der Waals surface area contributed by atoms with Gasteiger partial charge < -0.3 is 5.32 Å². The summed E-state index contributed by atoms with van der Waals surface area (Å²) in [6, 6.07) is 4.54. The molecule has 0 atom stereocenters. The van der Waals surface area contributed by atoms with E-state index >= 15 is 0 Å². The van der Waals surface area contributed by atoms with Crippen molar-refractivity contribution in [3.8, 4) is 0 Å². The summed E-state index contributed by atoms with van der Waals surface area (Å²) in [7, 11) is 0. The summed E-state index contributed by atoms with van der Waals surface area (Å²) in [5.41, 5.74) is -0.724. The Morgan fingerprint density at radius 1 is 1.20 bits per heavy atom. The van der Waals surface area contributed by atoms with Crippen LogP contribution >= 0.6 is 0 Å². The van der Waals surface area contributed by atoms with Gasteiger partial charge in [0.2, 0.25) is 0 Å². The van der Waals surface area contributed by atoms with Gasteiger partial charge in [0.25, 0.3) is 5.91 Å². The number of alkyl halides is 3. The Bertz CT molecular complexity index is 464. The monoisotopic (exact) mass is 285 g/mol. The van der Waals surface area contributed by atoms with Crippen molar-refractivity contribution in [1.82, 2.24) is 5.32 Å². The van der Waals surface area contributed by atoms with E-state index in [1.165, 1.54) is 31.4 Å². The predicted octanol–water partition coefficient (Wildman–Crippen LogP) is 4.02. The first kappa shape index (κ1) is 14.9. The van der Waals surface area contributed by atoms with Crippen LogP contribution in [0.4, 0.5) is 13.2 Å². The molecule has 0 saturated heterocycles. The van der Waals surface area contributed by atoms with Crippen LogP contribution in [-0.4, -0.2) is 12.5 Å². The molecule has 0 heterocycles. The van der Waals surface area contributed by atoms with Crippen LogP contribution in [0.5, 0.6) is 0 Å². The molecule has 1 fully saturated rings. The lowest BCUT2D eigenvalue weighted by Crippen LogP contribution is -2.30. The van der Waals surface area contributed by atoms with Crippen LogP contribution in [0.2, 0.25) is 0 Å². The largest absolute Gasteiger partial charge is 0.416 e.